The summed E-state index contributed by atoms with van der Waals surface area (Å²) >= 11 is 1.45. The van der Waals surface area contributed by atoms with Crippen LogP contribution < -0.4 is 15.0 Å². The first kappa shape index (κ1) is 19.2. The van der Waals surface area contributed by atoms with Gasteiger partial charge in [-0.15, -0.1) is 11.3 Å². The van der Waals surface area contributed by atoms with E-state index in [0.717, 1.165) is 34.0 Å². The van der Waals surface area contributed by atoms with Crippen LogP contribution in [0.3, 0.4) is 0 Å². The number of thiophene rings is 1. The molecule has 0 atom stereocenters. The third kappa shape index (κ3) is 4.17. The normalized spacial score (nSPS) is 12.7. The summed E-state index contributed by atoms with van der Waals surface area (Å²) in [6.45, 7) is 4.58. The molecule has 148 valence electrons. The maximum Gasteiger partial charge on any atom is 0.268 e. The van der Waals surface area contributed by atoms with Crippen molar-refractivity contribution in [2.24, 2.45) is 0 Å². The topological polar surface area (TPSA) is 58.6 Å². The second-order valence-corrected chi connectivity index (χ2v) is 8.12. The maximum absolute atomic E-state index is 12.7. The summed E-state index contributed by atoms with van der Waals surface area (Å²) < 4.78 is 5.61. The van der Waals surface area contributed by atoms with E-state index in [4.69, 9.17) is 4.74 Å². The molecule has 2 heterocycles. The Balaban J connectivity index is 1.46. The highest BCUT2D eigenvalue weighted by Crippen LogP contribution is 2.32. The lowest BCUT2D eigenvalue weighted by Crippen LogP contribution is -2.28. The Kier molecular flexibility index (Phi) is 5.36. The fraction of sp³-hybridized carbons (Fsp3) is 0.217. The van der Waals surface area contributed by atoms with Crippen molar-refractivity contribution in [1.82, 2.24) is 0 Å². The lowest BCUT2D eigenvalue weighted by atomic mass is 10.1. The third-order valence-electron chi connectivity index (χ3n) is 4.70. The van der Waals surface area contributed by atoms with E-state index in [-0.39, 0.29) is 17.9 Å². The van der Waals surface area contributed by atoms with Gasteiger partial charge in [-0.2, -0.15) is 0 Å². The van der Waals surface area contributed by atoms with Crippen molar-refractivity contribution in [1.29, 1.82) is 0 Å². The fourth-order valence-corrected chi connectivity index (χ4v) is 4.06. The zero-order valence-corrected chi connectivity index (χ0v) is 17.2. The quantitative estimate of drug-likeness (QED) is 0.649. The number of carbonyl (C=O) groups excluding carboxylic acids is 2. The maximum atomic E-state index is 12.7. The summed E-state index contributed by atoms with van der Waals surface area (Å²) in [5, 5.41) is 4.85. The van der Waals surface area contributed by atoms with E-state index in [2.05, 4.69) is 5.32 Å². The van der Waals surface area contributed by atoms with Gasteiger partial charge in [0.25, 0.3) is 11.8 Å². The predicted octanol–water partition coefficient (Wildman–Crippen LogP) is 4.99. The molecule has 5 nitrogen and oxygen atoms in total. The molecular weight excluding hydrogens is 384 g/mol. The van der Waals surface area contributed by atoms with E-state index in [1.54, 1.807) is 29.2 Å². The molecule has 2 aromatic carbocycles. The number of rotatable bonds is 5. The van der Waals surface area contributed by atoms with Gasteiger partial charge in [-0.25, -0.2) is 0 Å². The van der Waals surface area contributed by atoms with Gasteiger partial charge in [-0.05, 0) is 79.7 Å². The smallest absolute Gasteiger partial charge is 0.268 e. The number of fused-ring (bicyclic) bond motifs is 1. The van der Waals surface area contributed by atoms with E-state index in [1.165, 1.54) is 11.3 Å². The second kappa shape index (κ2) is 8.09. The minimum atomic E-state index is -0.175. The van der Waals surface area contributed by atoms with Gasteiger partial charge in [-0.3, -0.25) is 9.59 Å². The number of ether oxygens (including phenoxy) is 1. The van der Waals surface area contributed by atoms with Gasteiger partial charge in [0.05, 0.1) is 11.0 Å². The molecule has 0 unspecified atom stereocenters. The van der Waals surface area contributed by atoms with Gasteiger partial charge in [0.15, 0.2) is 0 Å². The van der Waals surface area contributed by atoms with E-state index < -0.39 is 0 Å². The minimum absolute atomic E-state index is 0.0271. The zero-order chi connectivity index (χ0) is 20.4. The van der Waals surface area contributed by atoms with E-state index >= 15 is 0 Å². The average molecular weight is 407 g/mol. The van der Waals surface area contributed by atoms with Crippen LogP contribution in [-0.2, 0) is 6.42 Å². The van der Waals surface area contributed by atoms with Crippen molar-refractivity contribution in [2.45, 2.75) is 26.4 Å². The van der Waals surface area contributed by atoms with Crippen LogP contribution in [0.5, 0.6) is 5.75 Å². The number of anilines is 2. The highest BCUT2D eigenvalue weighted by atomic mass is 32.1. The monoisotopic (exact) mass is 406 g/mol. The van der Waals surface area contributed by atoms with Crippen LogP contribution in [0.15, 0.2) is 60.0 Å². The molecule has 0 spiro atoms. The summed E-state index contributed by atoms with van der Waals surface area (Å²) in [7, 11) is 0. The lowest BCUT2D eigenvalue weighted by Gasteiger charge is -2.16. The molecule has 1 aliphatic rings. The Morgan fingerprint density at radius 3 is 2.59 bits per heavy atom. The van der Waals surface area contributed by atoms with Crippen molar-refractivity contribution < 1.29 is 14.3 Å². The van der Waals surface area contributed by atoms with Gasteiger partial charge in [-0.1, -0.05) is 6.07 Å². The molecule has 0 radical (unpaired) electrons. The molecule has 0 saturated carbocycles. The van der Waals surface area contributed by atoms with Crippen molar-refractivity contribution in [3.8, 4) is 5.75 Å². The van der Waals surface area contributed by atoms with Gasteiger partial charge >= 0.3 is 0 Å². The molecule has 2 amide bonds. The molecule has 6 heteroatoms. The van der Waals surface area contributed by atoms with Gasteiger partial charge in [0, 0.05) is 23.5 Å². The number of amides is 2. The van der Waals surface area contributed by atoms with E-state index in [9.17, 15) is 9.59 Å². The lowest BCUT2D eigenvalue weighted by molar-refractivity contribution is 0.0991. The average Bonchev–Trinajstić information content (AvgIpc) is 3.37. The first-order chi connectivity index (χ1) is 14.0. The van der Waals surface area contributed by atoms with Crippen molar-refractivity contribution in [3.05, 3.63) is 76.0 Å². The Morgan fingerprint density at radius 2 is 1.90 bits per heavy atom. The number of benzene rings is 2. The molecule has 0 saturated heterocycles. The Bertz CT molecular complexity index is 1030. The molecule has 1 N–H and O–H groups in total. The Labute approximate surface area is 173 Å². The summed E-state index contributed by atoms with van der Waals surface area (Å²) in [4.78, 5) is 27.8. The first-order valence-electron chi connectivity index (χ1n) is 9.57. The SMILES string of the molecule is CC(C)Oc1ccc(C(=O)Nc2ccc3c(c2)CCN3C(=O)c2cccs2)cc1. The zero-order valence-electron chi connectivity index (χ0n) is 16.3. The van der Waals surface area contributed by atoms with Crippen LogP contribution in [0.4, 0.5) is 11.4 Å². The molecule has 29 heavy (non-hydrogen) atoms. The first-order valence-corrected chi connectivity index (χ1v) is 10.5. The third-order valence-corrected chi connectivity index (χ3v) is 5.56. The van der Waals surface area contributed by atoms with Gasteiger partial charge < -0.3 is 15.0 Å². The van der Waals surface area contributed by atoms with Crippen molar-refractivity contribution >= 4 is 34.5 Å². The van der Waals surface area contributed by atoms with Gasteiger partial charge in [0.2, 0.25) is 0 Å². The molecule has 4 rings (SSSR count). The highest BCUT2D eigenvalue weighted by Gasteiger charge is 2.26. The number of nitrogens with one attached hydrogen (secondary N) is 1. The Morgan fingerprint density at radius 1 is 1.10 bits per heavy atom. The predicted molar refractivity (Wildman–Crippen MR) is 116 cm³/mol. The van der Waals surface area contributed by atoms with Gasteiger partial charge in [0.1, 0.15) is 5.75 Å². The Hall–Kier alpha value is -3.12. The molecule has 0 bridgehead atoms. The molecular formula is C23H22N2O3S. The number of hydrogen-bond acceptors (Lipinski definition) is 4. The molecule has 1 aromatic heterocycles. The van der Waals surface area contributed by atoms with E-state index in [0.29, 0.717) is 12.1 Å². The molecule has 0 fully saturated rings. The number of nitrogens with zero attached hydrogens (tertiary/aromatic N) is 1. The fourth-order valence-electron chi connectivity index (χ4n) is 3.38. The molecule has 3 aromatic rings. The van der Waals surface area contributed by atoms with Crippen LogP contribution in [-0.4, -0.2) is 24.5 Å². The molecule has 0 aliphatic carbocycles. The minimum Gasteiger partial charge on any atom is -0.491 e. The van der Waals surface area contributed by atoms with E-state index in [1.807, 2.05) is 49.6 Å². The number of carbonyl (C=O) groups is 2. The molecule has 1 aliphatic heterocycles. The van der Waals surface area contributed by atoms with Crippen molar-refractivity contribution in [3.63, 3.8) is 0 Å². The standard InChI is InChI=1S/C23H22N2O3S/c1-15(2)28-19-8-5-16(6-9-19)22(26)24-18-7-10-20-17(14-18)11-12-25(20)23(27)21-4-3-13-29-21/h3-10,13-15H,11-12H2,1-2H3,(H,24,26). The highest BCUT2D eigenvalue weighted by molar-refractivity contribution is 7.12. The second-order valence-electron chi connectivity index (χ2n) is 7.17. The van der Waals surface area contributed by atoms with Crippen LogP contribution in [0, 0.1) is 0 Å². The summed E-state index contributed by atoms with van der Waals surface area (Å²) in [5.74, 6) is 0.592. The summed E-state index contributed by atoms with van der Waals surface area (Å²) in [6.07, 6.45) is 0.865. The van der Waals surface area contributed by atoms with Crippen LogP contribution in [0.1, 0.15) is 39.4 Å². The largest absolute Gasteiger partial charge is 0.491 e. The number of hydrogen-bond donors (Lipinski definition) is 1. The van der Waals surface area contributed by atoms with Crippen LogP contribution in [0.2, 0.25) is 0 Å². The van der Waals surface area contributed by atoms with Crippen molar-refractivity contribution in [2.75, 3.05) is 16.8 Å². The summed E-state index contributed by atoms with van der Waals surface area (Å²) in [6, 6.07) is 16.5. The summed E-state index contributed by atoms with van der Waals surface area (Å²) in [5.41, 5.74) is 3.27. The van der Waals surface area contributed by atoms with Crippen LogP contribution in [0.25, 0.3) is 0 Å². The van der Waals surface area contributed by atoms with Crippen LogP contribution >= 0.6 is 11.3 Å².